The maximum atomic E-state index is 12.6. The number of aliphatic hydroxyl groups is 1. The number of rotatable bonds is 3. The molecule has 0 unspecified atom stereocenters. The van der Waals surface area contributed by atoms with Crippen molar-refractivity contribution in [2.75, 3.05) is 51.2 Å². The van der Waals surface area contributed by atoms with E-state index in [-0.39, 0.29) is 12.3 Å². The first-order chi connectivity index (χ1) is 12.9. The van der Waals surface area contributed by atoms with Crippen molar-refractivity contribution in [3.8, 4) is 0 Å². The van der Waals surface area contributed by atoms with E-state index < -0.39 is 5.60 Å². The van der Waals surface area contributed by atoms with Crippen LogP contribution in [0.4, 0.5) is 5.82 Å². The minimum Gasteiger partial charge on any atom is -0.389 e. The molecule has 0 aliphatic carbocycles. The maximum absolute atomic E-state index is 12.6. The molecule has 2 aliphatic heterocycles. The number of piperidine rings is 1. The van der Waals surface area contributed by atoms with E-state index in [1.807, 2.05) is 24.1 Å². The Morgan fingerprint density at radius 2 is 1.70 bits per heavy atom. The molecule has 1 N–H and O–H groups in total. The van der Waals surface area contributed by atoms with Crippen molar-refractivity contribution in [2.24, 2.45) is 0 Å². The fraction of sp³-hybridized carbons (Fsp3) is 0.714. The molecule has 3 heterocycles. The third-order valence-electron chi connectivity index (χ3n) is 5.25. The molecule has 2 aliphatic rings. The second kappa shape index (κ2) is 10.0. The topological polar surface area (TPSA) is 59.9 Å². The predicted molar refractivity (Wildman–Crippen MR) is 110 cm³/mol. The highest BCUT2D eigenvalue weighted by atomic mass is 16.3. The average molecular weight is 377 g/mol. The van der Waals surface area contributed by atoms with Crippen molar-refractivity contribution in [2.45, 2.75) is 52.1 Å². The lowest BCUT2D eigenvalue weighted by atomic mass is 9.88. The Bertz CT molecular complexity index is 574. The number of amides is 1. The van der Waals surface area contributed by atoms with Crippen LogP contribution >= 0.6 is 0 Å². The molecule has 0 spiro atoms. The molecule has 0 radical (unpaired) electrons. The Balaban J connectivity index is 0.000000817. The van der Waals surface area contributed by atoms with Crippen LogP contribution in [0, 0.1) is 6.92 Å². The van der Waals surface area contributed by atoms with Gasteiger partial charge in [-0.2, -0.15) is 0 Å². The summed E-state index contributed by atoms with van der Waals surface area (Å²) in [6.07, 6.45) is 4.75. The van der Waals surface area contributed by atoms with Crippen LogP contribution < -0.4 is 4.90 Å². The SMILES string of the molecule is CCC.Cc1ccc(N2CCN(C(=O)CC3(O)CCN(C)CC3)CC2)nc1. The quantitative estimate of drug-likeness (QED) is 0.877. The molecule has 6 nitrogen and oxygen atoms in total. The van der Waals surface area contributed by atoms with Gasteiger partial charge in [0.25, 0.3) is 0 Å². The van der Waals surface area contributed by atoms with E-state index in [1.165, 1.54) is 6.42 Å². The van der Waals surface area contributed by atoms with Crippen molar-refractivity contribution in [1.29, 1.82) is 0 Å². The number of aryl methyl sites for hydroxylation is 1. The number of hydrogen-bond acceptors (Lipinski definition) is 5. The number of hydrogen-bond donors (Lipinski definition) is 1. The highest BCUT2D eigenvalue weighted by Gasteiger charge is 2.35. The summed E-state index contributed by atoms with van der Waals surface area (Å²) in [6, 6.07) is 4.10. The Labute approximate surface area is 164 Å². The molecule has 0 bridgehead atoms. The lowest BCUT2D eigenvalue weighted by Crippen LogP contribution is -2.52. The average Bonchev–Trinajstić information content (AvgIpc) is 2.66. The van der Waals surface area contributed by atoms with Crippen LogP contribution in [0.1, 0.15) is 45.1 Å². The summed E-state index contributed by atoms with van der Waals surface area (Å²) in [5.74, 6) is 1.06. The Hall–Kier alpha value is -1.66. The van der Waals surface area contributed by atoms with Gasteiger partial charge in [-0.1, -0.05) is 26.3 Å². The smallest absolute Gasteiger partial charge is 0.225 e. The minimum atomic E-state index is -0.820. The van der Waals surface area contributed by atoms with Gasteiger partial charge < -0.3 is 19.8 Å². The number of aromatic nitrogens is 1. The fourth-order valence-corrected chi connectivity index (χ4v) is 3.44. The van der Waals surface area contributed by atoms with Gasteiger partial charge >= 0.3 is 0 Å². The Morgan fingerprint density at radius 3 is 2.22 bits per heavy atom. The van der Waals surface area contributed by atoms with Gasteiger partial charge in [0.2, 0.25) is 5.91 Å². The molecule has 0 saturated carbocycles. The zero-order chi connectivity index (χ0) is 19.9. The minimum absolute atomic E-state index is 0.0820. The number of likely N-dealkylation sites (tertiary alicyclic amines) is 1. The van der Waals surface area contributed by atoms with Crippen LogP contribution in [-0.2, 0) is 4.79 Å². The van der Waals surface area contributed by atoms with E-state index in [0.717, 1.165) is 37.6 Å². The lowest BCUT2D eigenvalue weighted by Gasteiger charge is -2.39. The summed E-state index contributed by atoms with van der Waals surface area (Å²) in [5, 5.41) is 10.7. The van der Waals surface area contributed by atoms with Gasteiger partial charge in [-0.05, 0) is 38.4 Å². The molecule has 2 fully saturated rings. The fourth-order valence-electron chi connectivity index (χ4n) is 3.44. The summed E-state index contributed by atoms with van der Waals surface area (Å²) in [4.78, 5) is 23.3. The Morgan fingerprint density at radius 1 is 1.11 bits per heavy atom. The molecule has 0 aromatic carbocycles. The standard InChI is InChI=1S/C18H28N4O2.C3H8/c1-15-3-4-16(19-14-15)21-9-11-22(12-10-21)17(23)13-18(24)5-7-20(2)8-6-18;1-3-2/h3-4,14,24H,5-13H2,1-2H3;3H2,1-2H3. The third-order valence-corrected chi connectivity index (χ3v) is 5.25. The van der Waals surface area contributed by atoms with E-state index in [4.69, 9.17) is 0 Å². The van der Waals surface area contributed by atoms with Crippen molar-refractivity contribution in [3.05, 3.63) is 23.9 Å². The molecule has 152 valence electrons. The largest absolute Gasteiger partial charge is 0.389 e. The first-order valence-corrected chi connectivity index (χ1v) is 10.2. The van der Waals surface area contributed by atoms with Crippen LogP contribution in [-0.4, -0.2) is 77.7 Å². The first-order valence-electron chi connectivity index (χ1n) is 10.2. The van der Waals surface area contributed by atoms with Gasteiger partial charge in [0.15, 0.2) is 0 Å². The number of carbonyl (C=O) groups is 1. The molecular weight excluding hydrogens is 340 g/mol. The van der Waals surface area contributed by atoms with Crippen LogP contribution in [0.2, 0.25) is 0 Å². The normalized spacial score (nSPS) is 20.0. The maximum Gasteiger partial charge on any atom is 0.225 e. The van der Waals surface area contributed by atoms with Crippen LogP contribution in [0.3, 0.4) is 0 Å². The van der Waals surface area contributed by atoms with E-state index in [9.17, 15) is 9.90 Å². The molecule has 1 aromatic rings. The molecule has 6 heteroatoms. The van der Waals surface area contributed by atoms with Crippen molar-refractivity contribution >= 4 is 11.7 Å². The molecule has 2 saturated heterocycles. The second-order valence-electron chi connectivity index (χ2n) is 7.97. The van der Waals surface area contributed by atoms with Crippen LogP contribution in [0.15, 0.2) is 18.3 Å². The van der Waals surface area contributed by atoms with E-state index >= 15 is 0 Å². The van der Waals surface area contributed by atoms with Crippen molar-refractivity contribution < 1.29 is 9.90 Å². The van der Waals surface area contributed by atoms with Crippen molar-refractivity contribution in [1.82, 2.24) is 14.8 Å². The number of anilines is 1. The predicted octanol–water partition coefficient (Wildman–Crippen LogP) is 2.30. The summed E-state index contributed by atoms with van der Waals surface area (Å²) in [5.41, 5.74) is 0.332. The van der Waals surface area contributed by atoms with Gasteiger partial charge in [0.1, 0.15) is 5.82 Å². The second-order valence-corrected chi connectivity index (χ2v) is 7.97. The number of carbonyl (C=O) groups excluding carboxylic acids is 1. The van der Waals surface area contributed by atoms with Gasteiger partial charge in [-0.25, -0.2) is 4.98 Å². The summed E-state index contributed by atoms with van der Waals surface area (Å²) >= 11 is 0. The monoisotopic (exact) mass is 376 g/mol. The van der Waals surface area contributed by atoms with E-state index in [0.29, 0.717) is 25.9 Å². The third kappa shape index (κ3) is 6.47. The summed E-state index contributed by atoms with van der Waals surface area (Å²) < 4.78 is 0. The van der Waals surface area contributed by atoms with E-state index in [2.05, 4.69) is 41.7 Å². The summed E-state index contributed by atoms with van der Waals surface area (Å²) in [7, 11) is 2.06. The lowest BCUT2D eigenvalue weighted by molar-refractivity contribution is -0.138. The highest BCUT2D eigenvalue weighted by Crippen LogP contribution is 2.26. The Kier molecular flexibility index (Phi) is 8.05. The molecule has 27 heavy (non-hydrogen) atoms. The van der Waals surface area contributed by atoms with Gasteiger partial charge in [0, 0.05) is 45.5 Å². The van der Waals surface area contributed by atoms with Gasteiger partial charge in [0.05, 0.1) is 12.0 Å². The zero-order valence-electron chi connectivity index (χ0n) is 17.4. The molecule has 1 amide bonds. The molecule has 1 aromatic heterocycles. The zero-order valence-corrected chi connectivity index (χ0v) is 17.4. The van der Waals surface area contributed by atoms with Gasteiger partial charge in [-0.3, -0.25) is 4.79 Å². The van der Waals surface area contributed by atoms with E-state index in [1.54, 1.807) is 0 Å². The summed E-state index contributed by atoms with van der Waals surface area (Å²) in [6.45, 7) is 11.0. The number of nitrogens with zero attached hydrogens (tertiary/aromatic N) is 4. The van der Waals surface area contributed by atoms with Crippen molar-refractivity contribution in [3.63, 3.8) is 0 Å². The van der Waals surface area contributed by atoms with Crippen LogP contribution in [0.5, 0.6) is 0 Å². The number of pyridine rings is 1. The number of piperazine rings is 1. The molecule has 3 rings (SSSR count). The van der Waals surface area contributed by atoms with Crippen LogP contribution in [0.25, 0.3) is 0 Å². The highest BCUT2D eigenvalue weighted by molar-refractivity contribution is 5.77. The first kappa shape index (κ1) is 21.6. The van der Waals surface area contributed by atoms with Gasteiger partial charge in [-0.15, -0.1) is 0 Å². The molecule has 0 atom stereocenters. The molecular formula is C21H36N4O2.